The van der Waals surface area contributed by atoms with Gasteiger partial charge in [-0.05, 0) is 17.7 Å². The molecule has 0 heterocycles. The third-order valence-electron chi connectivity index (χ3n) is 1.92. The van der Waals surface area contributed by atoms with E-state index in [0.717, 1.165) is 0 Å². The van der Waals surface area contributed by atoms with Crippen LogP contribution in [0.1, 0.15) is 11.5 Å². The summed E-state index contributed by atoms with van der Waals surface area (Å²) in [4.78, 5) is 11.3. The first-order chi connectivity index (χ1) is 6.69. The molecular formula is C10H11FO2S. The fraction of sp³-hybridized carbons (Fsp3) is 0.300. The lowest BCUT2D eigenvalue weighted by atomic mass is 10.0. The largest absolute Gasteiger partial charge is 0.469 e. The molecule has 1 unspecified atom stereocenters. The molecule has 0 saturated heterocycles. The number of rotatable bonds is 3. The highest BCUT2D eigenvalue weighted by atomic mass is 32.1. The van der Waals surface area contributed by atoms with Crippen molar-refractivity contribution in [3.8, 4) is 0 Å². The second-order valence-electron chi connectivity index (χ2n) is 2.81. The second kappa shape index (κ2) is 5.00. The van der Waals surface area contributed by atoms with Crippen molar-refractivity contribution in [3.05, 3.63) is 35.6 Å². The zero-order valence-electron chi connectivity index (χ0n) is 7.74. The van der Waals surface area contributed by atoms with Crippen molar-refractivity contribution in [2.24, 2.45) is 0 Å². The number of esters is 1. The molecule has 2 nitrogen and oxygen atoms in total. The van der Waals surface area contributed by atoms with Gasteiger partial charge in [0.25, 0.3) is 0 Å². The first kappa shape index (κ1) is 11.0. The van der Waals surface area contributed by atoms with Gasteiger partial charge in [0.15, 0.2) is 0 Å². The highest BCUT2D eigenvalue weighted by Gasteiger charge is 2.19. The molecule has 1 atom stereocenters. The Kier molecular flexibility index (Phi) is 3.95. The van der Waals surface area contributed by atoms with Gasteiger partial charge in [0, 0.05) is 5.75 Å². The van der Waals surface area contributed by atoms with Crippen molar-refractivity contribution in [1.82, 2.24) is 0 Å². The first-order valence-electron chi connectivity index (χ1n) is 4.13. The zero-order valence-corrected chi connectivity index (χ0v) is 8.63. The van der Waals surface area contributed by atoms with E-state index in [1.54, 1.807) is 12.1 Å². The number of carbonyl (C=O) groups excluding carboxylic acids is 1. The van der Waals surface area contributed by atoms with E-state index in [2.05, 4.69) is 17.4 Å². The lowest BCUT2D eigenvalue weighted by Gasteiger charge is -2.11. The molecule has 4 heteroatoms. The summed E-state index contributed by atoms with van der Waals surface area (Å²) < 4.78 is 17.4. The zero-order chi connectivity index (χ0) is 10.6. The van der Waals surface area contributed by atoms with Crippen molar-refractivity contribution in [1.29, 1.82) is 0 Å². The van der Waals surface area contributed by atoms with Gasteiger partial charge in [0.05, 0.1) is 13.0 Å². The lowest BCUT2D eigenvalue weighted by Crippen LogP contribution is -2.15. The molecule has 0 fully saturated rings. The van der Waals surface area contributed by atoms with E-state index in [-0.39, 0.29) is 5.82 Å². The van der Waals surface area contributed by atoms with E-state index < -0.39 is 11.9 Å². The summed E-state index contributed by atoms with van der Waals surface area (Å²) in [6, 6.07) is 5.89. The molecule has 0 N–H and O–H groups in total. The maximum Gasteiger partial charge on any atom is 0.313 e. The molecular weight excluding hydrogens is 203 g/mol. The number of benzene rings is 1. The monoisotopic (exact) mass is 214 g/mol. The highest BCUT2D eigenvalue weighted by molar-refractivity contribution is 7.80. The van der Waals surface area contributed by atoms with Crippen LogP contribution in [0.2, 0.25) is 0 Å². The summed E-state index contributed by atoms with van der Waals surface area (Å²) in [6.45, 7) is 0. The van der Waals surface area contributed by atoms with Gasteiger partial charge in [0.2, 0.25) is 0 Å². The third-order valence-corrected chi connectivity index (χ3v) is 2.28. The summed E-state index contributed by atoms with van der Waals surface area (Å²) in [6.07, 6.45) is 0. The van der Waals surface area contributed by atoms with E-state index in [9.17, 15) is 9.18 Å². The number of halogens is 1. The van der Waals surface area contributed by atoms with Crippen LogP contribution in [-0.2, 0) is 9.53 Å². The summed E-state index contributed by atoms with van der Waals surface area (Å²) in [5, 5.41) is 0. The molecule has 0 aliphatic carbocycles. The van der Waals surface area contributed by atoms with Crippen LogP contribution in [0.4, 0.5) is 4.39 Å². The van der Waals surface area contributed by atoms with Crippen LogP contribution in [0.5, 0.6) is 0 Å². The van der Waals surface area contributed by atoms with Crippen molar-refractivity contribution in [2.75, 3.05) is 12.9 Å². The van der Waals surface area contributed by atoms with Crippen LogP contribution >= 0.6 is 12.6 Å². The van der Waals surface area contributed by atoms with Gasteiger partial charge in [-0.15, -0.1) is 0 Å². The van der Waals surface area contributed by atoms with E-state index in [1.165, 1.54) is 19.2 Å². The van der Waals surface area contributed by atoms with Gasteiger partial charge in [-0.2, -0.15) is 12.6 Å². The smallest absolute Gasteiger partial charge is 0.313 e. The van der Waals surface area contributed by atoms with E-state index in [0.29, 0.717) is 11.3 Å². The number of hydrogen-bond acceptors (Lipinski definition) is 3. The maximum absolute atomic E-state index is 12.9. The van der Waals surface area contributed by atoms with Crippen LogP contribution in [0.25, 0.3) is 0 Å². The molecule has 1 rings (SSSR count). The van der Waals surface area contributed by atoms with Gasteiger partial charge in [-0.25, -0.2) is 4.39 Å². The minimum atomic E-state index is -0.501. The van der Waals surface area contributed by atoms with E-state index >= 15 is 0 Å². The number of carbonyl (C=O) groups is 1. The predicted molar refractivity (Wildman–Crippen MR) is 55.0 cm³/mol. The van der Waals surface area contributed by atoms with Gasteiger partial charge in [-0.1, -0.05) is 12.1 Å². The summed E-state index contributed by atoms with van der Waals surface area (Å²) in [7, 11) is 1.30. The van der Waals surface area contributed by atoms with Gasteiger partial charge >= 0.3 is 5.97 Å². The molecule has 1 aromatic carbocycles. The Morgan fingerprint density at radius 3 is 2.86 bits per heavy atom. The average Bonchev–Trinajstić information content (AvgIpc) is 2.19. The molecule has 0 aliphatic heterocycles. The second-order valence-corrected chi connectivity index (χ2v) is 3.18. The number of ether oxygens (including phenoxy) is 1. The van der Waals surface area contributed by atoms with Crippen molar-refractivity contribution in [3.63, 3.8) is 0 Å². The molecule has 76 valence electrons. The Bertz CT molecular complexity index is 328. The fourth-order valence-corrected chi connectivity index (χ4v) is 1.54. The number of methoxy groups -OCH3 is 1. The van der Waals surface area contributed by atoms with Gasteiger partial charge in [-0.3, -0.25) is 4.79 Å². The van der Waals surface area contributed by atoms with Crippen LogP contribution in [0.3, 0.4) is 0 Å². The van der Waals surface area contributed by atoms with Crippen LogP contribution in [-0.4, -0.2) is 18.8 Å². The maximum atomic E-state index is 12.9. The highest BCUT2D eigenvalue weighted by Crippen LogP contribution is 2.19. The lowest BCUT2D eigenvalue weighted by molar-refractivity contribution is -0.141. The molecule has 0 bridgehead atoms. The van der Waals surface area contributed by atoms with Crippen LogP contribution < -0.4 is 0 Å². The summed E-state index contributed by atoms with van der Waals surface area (Å²) in [5.41, 5.74) is 0.590. The van der Waals surface area contributed by atoms with E-state index in [4.69, 9.17) is 0 Å². The van der Waals surface area contributed by atoms with Gasteiger partial charge in [0.1, 0.15) is 5.82 Å². The Morgan fingerprint density at radius 2 is 2.36 bits per heavy atom. The van der Waals surface area contributed by atoms with Crippen molar-refractivity contribution >= 4 is 18.6 Å². The Hall–Kier alpha value is -1.03. The molecule has 0 amide bonds. The molecule has 0 saturated carbocycles. The Labute approximate surface area is 87.5 Å². The van der Waals surface area contributed by atoms with E-state index in [1.807, 2.05) is 0 Å². The molecule has 0 aliphatic rings. The van der Waals surface area contributed by atoms with Crippen LogP contribution in [0.15, 0.2) is 24.3 Å². The van der Waals surface area contributed by atoms with Crippen molar-refractivity contribution in [2.45, 2.75) is 5.92 Å². The fourth-order valence-electron chi connectivity index (χ4n) is 1.18. The molecule has 14 heavy (non-hydrogen) atoms. The summed E-state index contributed by atoms with van der Waals surface area (Å²) in [5.74, 6) is -0.960. The SMILES string of the molecule is COC(=O)C(CS)c1cccc(F)c1. The van der Waals surface area contributed by atoms with Gasteiger partial charge < -0.3 is 4.74 Å². The molecule has 0 radical (unpaired) electrons. The molecule has 0 aromatic heterocycles. The Balaban J connectivity index is 2.94. The average molecular weight is 214 g/mol. The minimum Gasteiger partial charge on any atom is -0.469 e. The minimum absolute atomic E-state index is 0.302. The third kappa shape index (κ3) is 2.48. The van der Waals surface area contributed by atoms with Crippen molar-refractivity contribution < 1.29 is 13.9 Å². The topological polar surface area (TPSA) is 26.3 Å². The Morgan fingerprint density at radius 1 is 1.64 bits per heavy atom. The van der Waals surface area contributed by atoms with Crippen LogP contribution in [0, 0.1) is 5.82 Å². The quantitative estimate of drug-likeness (QED) is 0.615. The number of thiol groups is 1. The molecule has 0 spiro atoms. The standard InChI is InChI=1S/C10H11FO2S/c1-13-10(12)9(6-14)7-3-2-4-8(11)5-7/h2-5,9,14H,6H2,1H3. The first-order valence-corrected chi connectivity index (χ1v) is 4.76. The molecule has 1 aromatic rings. The predicted octanol–water partition coefficient (Wildman–Crippen LogP) is 2.01. The number of hydrogen-bond donors (Lipinski definition) is 1. The normalized spacial score (nSPS) is 12.2. The summed E-state index contributed by atoms with van der Waals surface area (Å²) >= 11 is 4.03.